The number of benzene rings is 2. The van der Waals surface area contributed by atoms with Gasteiger partial charge in [-0.1, -0.05) is 54.5 Å². The first-order chi connectivity index (χ1) is 7.31. The molecule has 0 fully saturated rings. The molecule has 0 N–H and O–H groups in total. The monoisotopic (exact) mass is 197 g/mol. The molecular formula is C12H11N3. The summed E-state index contributed by atoms with van der Waals surface area (Å²) in [7, 11) is 0. The molecule has 0 aromatic heterocycles. The van der Waals surface area contributed by atoms with Gasteiger partial charge in [0.15, 0.2) is 0 Å². The fourth-order valence-corrected chi connectivity index (χ4v) is 1.61. The summed E-state index contributed by atoms with van der Waals surface area (Å²) in [5.74, 6) is 0. The van der Waals surface area contributed by atoms with Crippen LogP contribution < -0.4 is 0 Å². The quantitative estimate of drug-likeness (QED) is 0.393. The van der Waals surface area contributed by atoms with Gasteiger partial charge in [-0.05, 0) is 21.9 Å². The first-order valence-electron chi connectivity index (χ1n) is 4.84. The lowest BCUT2D eigenvalue weighted by atomic mass is 10.0. The summed E-state index contributed by atoms with van der Waals surface area (Å²) in [6, 6.07) is 14.1. The third kappa shape index (κ3) is 1.92. The van der Waals surface area contributed by atoms with Gasteiger partial charge in [-0.3, -0.25) is 0 Å². The molecule has 2 aromatic rings. The van der Waals surface area contributed by atoms with E-state index in [0.717, 1.165) is 5.56 Å². The van der Waals surface area contributed by atoms with Crippen LogP contribution in [0.3, 0.4) is 0 Å². The van der Waals surface area contributed by atoms with Crippen molar-refractivity contribution in [3.8, 4) is 0 Å². The van der Waals surface area contributed by atoms with Crippen molar-refractivity contribution in [3.05, 3.63) is 58.5 Å². The van der Waals surface area contributed by atoms with E-state index in [1.807, 2.05) is 31.2 Å². The molecule has 3 heteroatoms. The molecular weight excluding hydrogens is 186 g/mol. The third-order valence-electron chi connectivity index (χ3n) is 2.48. The zero-order chi connectivity index (χ0) is 10.7. The van der Waals surface area contributed by atoms with Crippen LogP contribution in [0.1, 0.15) is 18.5 Å². The molecule has 0 aliphatic heterocycles. The van der Waals surface area contributed by atoms with Crippen LogP contribution in [0.25, 0.3) is 21.2 Å². The van der Waals surface area contributed by atoms with Crippen LogP contribution in [0.2, 0.25) is 0 Å². The van der Waals surface area contributed by atoms with Crippen molar-refractivity contribution < 1.29 is 0 Å². The lowest BCUT2D eigenvalue weighted by Crippen LogP contribution is -1.87. The minimum atomic E-state index is -0.111. The SMILES string of the molecule is CC(N=[N+]=[N-])c1ccc2ccccc2c1. The van der Waals surface area contributed by atoms with Crippen molar-refractivity contribution in [2.45, 2.75) is 13.0 Å². The first kappa shape index (κ1) is 9.56. The van der Waals surface area contributed by atoms with Gasteiger partial charge in [0, 0.05) is 4.91 Å². The maximum atomic E-state index is 8.37. The highest BCUT2D eigenvalue weighted by atomic mass is 15.1. The number of nitrogens with zero attached hydrogens (tertiary/aromatic N) is 3. The maximum absolute atomic E-state index is 8.37. The molecule has 2 rings (SSSR count). The Morgan fingerprint density at radius 1 is 1.13 bits per heavy atom. The molecule has 15 heavy (non-hydrogen) atoms. The van der Waals surface area contributed by atoms with Crippen LogP contribution >= 0.6 is 0 Å². The average molecular weight is 197 g/mol. The largest absolute Gasteiger partial charge is 0.0862 e. The molecule has 1 unspecified atom stereocenters. The molecule has 3 nitrogen and oxygen atoms in total. The van der Waals surface area contributed by atoms with Gasteiger partial charge in [-0.15, -0.1) is 0 Å². The van der Waals surface area contributed by atoms with Crippen molar-refractivity contribution in [2.75, 3.05) is 0 Å². The van der Waals surface area contributed by atoms with Crippen molar-refractivity contribution in [2.24, 2.45) is 5.11 Å². The van der Waals surface area contributed by atoms with E-state index < -0.39 is 0 Å². The molecule has 0 spiro atoms. The lowest BCUT2D eigenvalue weighted by Gasteiger charge is -2.06. The zero-order valence-electron chi connectivity index (χ0n) is 8.46. The molecule has 74 valence electrons. The van der Waals surface area contributed by atoms with Crippen molar-refractivity contribution in [1.29, 1.82) is 0 Å². The molecule has 0 bridgehead atoms. The number of azide groups is 1. The van der Waals surface area contributed by atoms with E-state index in [0.29, 0.717) is 0 Å². The Bertz CT molecular complexity index is 527. The Balaban J connectivity index is 2.51. The summed E-state index contributed by atoms with van der Waals surface area (Å²) >= 11 is 0. The van der Waals surface area contributed by atoms with E-state index in [-0.39, 0.29) is 6.04 Å². The second-order valence-electron chi connectivity index (χ2n) is 3.49. The van der Waals surface area contributed by atoms with Gasteiger partial charge >= 0.3 is 0 Å². The van der Waals surface area contributed by atoms with Crippen molar-refractivity contribution >= 4 is 10.8 Å². The lowest BCUT2D eigenvalue weighted by molar-refractivity contribution is 0.809. The summed E-state index contributed by atoms with van der Waals surface area (Å²) in [6.45, 7) is 1.89. The van der Waals surface area contributed by atoms with Crippen molar-refractivity contribution in [1.82, 2.24) is 0 Å². The van der Waals surface area contributed by atoms with E-state index in [4.69, 9.17) is 5.53 Å². The van der Waals surface area contributed by atoms with E-state index in [1.165, 1.54) is 10.8 Å². The van der Waals surface area contributed by atoms with Gasteiger partial charge in [0.05, 0.1) is 6.04 Å². The second-order valence-corrected chi connectivity index (χ2v) is 3.49. The minimum absolute atomic E-state index is 0.111. The van der Waals surface area contributed by atoms with Gasteiger partial charge in [-0.25, -0.2) is 0 Å². The summed E-state index contributed by atoms with van der Waals surface area (Å²) in [6.07, 6.45) is 0. The Morgan fingerprint density at radius 3 is 2.60 bits per heavy atom. The first-order valence-corrected chi connectivity index (χ1v) is 4.84. The van der Waals surface area contributed by atoms with Gasteiger partial charge in [0.25, 0.3) is 0 Å². The molecule has 1 atom stereocenters. The van der Waals surface area contributed by atoms with E-state index >= 15 is 0 Å². The van der Waals surface area contributed by atoms with Crippen LogP contribution in [-0.2, 0) is 0 Å². The molecule has 0 aliphatic carbocycles. The van der Waals surface area contributed by atoms with Crippen LogP contribution in [0.5, 0.6) is 0 Å². The second kappa shape index (κ2) is 4.03. The van der Waals surface area contributed by atoms with Gasteiger partial charge in [0.2, 0.25) is 0 Å². The Hall–Kier alpha value is -1.99. The molecule has 0 heterocycles. The summed E-state index contributed by atoms with van der Waals surface area (Å²) in [5.41, 5.74) is 9.42. The number of hydrogen-bond acceptors (Lipinski definition) is 1. The Kier molecular flexibility index (Phi) is 2.57. The predicted octanol–water partition coefficient (Wildman–Crippen LogP) is 4.21. The highest BCUT2D eigenvalue weighted by molar-refractivity contribution is 5.83. The van der Waals surface area contributed by atoms with E-state index in [9.17, 15) is 0 Å². The van der Waals surface area contributed by atoms with Gasteiger partial charge < -0.3 is 0 Å². The predicted molar refractivity (Wildman–Crippen MR) is 61.5 cm³/mol. The number of fused-ring (bicyclic) bond motifs is 1. The smallest absolute Gasteiger partial charge is 0.0597 e. The zero-order valence-corrected chi connectivity index (χ0v) is 8.46. The van der Waals surface area contributed by atoms with Gasteiger partial charge in [0.1, 0.15) is 0 Å². The number of hydrogen-bond donors (Lipinski definition) is 0. The van der Waals surface area contributed by atoms with Crippen molar-refractivity contribution in [3.63, 3.8) is 0 Å². The molecule has 2 aromatic carbocycles. The topological polar surface area (TPSA) is 48.8 Å². The van der Waals surface area contributed by atoms with Gasteiger partial charge in [-0.2, -0.15) is 0 Å². The molecule has 0 saturated carbocycles. The number of rotatable bonds is 2. The van der Waals surface area contributed by atoms with Crippen LogP contribution in [0.4, 0.5) is 0 Å². The fraction of sp³-hybridized carbons (Fsp3) is 0.167. The molecule has 0 saturated heterocycles. The Labute approximate surface area is 88.0 Å². The summed E-state index contributed by atoms with van der Waals surface area (Å²) in [5, 5.41) is 6.06. The molecule has 0 amide bonds. The van der Waals surface area contributed by atoms with E-state index in [2.05, 4.69) is 28.2 Å². The average Bonchev–Trinajstić information content (AvgIpc) is 2.29. The normalized spacial score (nSPS) is 12.1. The fourth-order valence-electron chi connectivity index (χ4n) is 1.61. The minimum Gasteiger partial charge on any atom is -0.0862 e. The third-order valence-corrected chi connectivity index (χ3v) is 2.48. The highest BCUT2D eigenvalue weighted by Crippen LogP contribution is 2.22. The standard InChI is InChI=1S/C12H11N3/c1-9(14-15-13)11-7-6-10-4-2-3-5-12(10)8-11/h2-9H,1H3. The maximum Gasteiger partial charge on any atom is 0.0597 e. The molecule has 0 aliphatic rings. The Morgan fingerprint density at radius 2 is 1.87 bits per heavy atom. The van der Waals surface area contributed by atoms with Crippen LogP contribution in [0.15, 0.2) is 47.6 Å². The molecule has 0 radical (unpaired) electrons. The van der Waals surface area contributed by atoms with Crippen LogP contribution in [-0.4, -0.2) is 0 Å². The summed E-state index contributed by atoms with van der Waals surface area (Å²) in [4.78, 5) is 2.82. The highest BCUT2D eigenvalue weighted by Gasteiger charge is 2.02. The van der Waals surface area contributed by atoms with E-state index in [1.54, 1.807) is 0 Å². The summed E-state index contributed by atoms with van der Waals surface area (Å²) < 4.78 is 0. The van der Waals surface area contributed by atoms with Crippen LogP contribution in [0, 0.1) is 0 Å².